The molecule has 0 saturated carbocycles. The Hall–Kier alpha value is -1.29. The van der Waals surface area contributed by atoms with Crippen molar-refractivity contribution in [3.63, 3.8) is 0 Å². The van der Waals surface area contributed by atoms with E-state index in [2.05, 4.69) is 5.32 Å². The van der Waals surface area contributed by atoms with E-state index in [-0.39, 0.29) is 18.3 Å². The third-order valence-corrected chi connectivity index (χ3v) is 2.10. The summed E-state index contributed by atoms with van der Waals surface area (Å²) in [5.74, 6) is -0.423. The molecule has 0 aliphatic carbocycles. The first kappa shape index (κ1) is 11.8. The minimum absolute atomic E-state index is 0.126. The van der Waals surface area contributed by atoms with Crippen LogP contribution in [0.5, 0.6) is 5.75 Å². The van der Waals surface area contributed by atoms with Crippen molar-refractivity contribution >= 4 is 17.5 Å². The van der Waals surface area contributed by atoms with E-state index in [1.54, 1.807) is 12.1 Å². The maximum absolute atomic E-state index is 13.3. The minimum atomic E-state index is -0.413. The molecule has 0 spiro atoms. The van der Waals surface area contributed by atoms with Crippen molar-refractivity contribution in [3.05, 3.63) is 29.6 Å². The number of ether oxygens (including phenoxy) is 1. The van der Waals surface area contributed by atoms with E-state index in [1.165, 1.54) is 13.2 Å². The van der Waals surface area contributed by atoms with E-state index in [0.29, 0.717) is 11.3 Å². The van der Waals surface area contributed by atoms with Gasteiger partial charge in [-0.25, -0.2) is 4.39 Å². The topological polar surface area (TPSA) is 38.3 Å². The predicted molar refractivity (Wildman–Crippen MR) is 55.5 cm³/mol. The van der Waals surface area contributed by atoms with Crippen LogP contribution in [0, 0.1) is 5.82 Å². The lowest BCUT2D eigenvalue weighted by atomic mass is 10.2. The van der Waals surface area contributed by atoms with Gasteiger partial charge in [0.1, 0.15) is 17.4 Å². The number of benzene rings is 1. The monoisotopic (exact) mass is 231 g/mol. The van der Waals surface area contributed by atoms with Gasteiger partial charge in [0.2, 0.25) is 5.91 Å². The van der Waals surface area contributed by atoms with E-state index >= 15 is 0 Å². The van der Waals surface area contributed by atoms with Gasteiger partial charge in [0.05, 0.1) is 7.11 Å². The van der Waals surface area contributed by atoms with Gasteiger partial charge >= 0.3 is 0 Å². The fourth-order valence-corrected chi connectivity index (χ4v) is 1.13. The molecule has 0 fully saturated rings. The van der Waals surface area contributed by atoms with Gasteiger partial charge in [-0.05, 0) is 6.07 Å². The fourth-order valence-electron chi connectivity index (χ4n) is 1.04. The van der Waals surface area contributed by atoms with Crippen molar-refractivity contribution < 1.29 is 13.9 Å². The molecule has 1 rings (SSSR count). The summed E-state index contributed by atoms with van der Waals surface area (Å²) >= 11 is 5.28. The van der Waals surface area contributed by atoms with Crippen LogP contribution >= 0.6 is 11.6 Å². The quantitative estimate of drug-likeness (QED) is 0.801. The number of alkyl halides is 1. The summed E-state index contributed by atoms with van der Waals surface area (Å²) in [4.78, 5) is 10.8. The first-order valence-corrected chi connectivity index (χ1v) is 4.86. The average Bonchev–Trinajstić information content (AvgIpc) is 2.26. The van der Waals surface area contributed by atoms with Crippen LogP contribution < -0.4 is 10.1 Å². The van der Waals surface area contributed by atoms with Gasteiger partial charge in [0.15, 0.2) is 0 Å². The Morgan fingerprint density at radius 3 is 2.87 bits per heavy atom. The third kappa shape index (κ3) is 3.40. The molecule has 1 N–H and O–H groups in total. The summed E-state index contributed by atoms with van der Waals surface area (Å²) in [6, 6.07) is 4.45. The summed E-state index contributed by atoms with van der Waals surface area (Å²) in [5.41, 5.74) is 0.397. The van der Waals surface area contributed by atoms with Crippen LogP contribution in [0.25, 0.3) is 0 Å². The molecule has 1 aromatic carbocycles. The Kier molecular flexibility index (Phi) is 4.37. The van der Waals surface area contributed by atoms with Gasteiger partial charge in [0.25, 0.3) is 0 Å². The van der Waals surface area contributed by atoms with Crippen LogP contribution in [0.15, 0.2) is 18.2 Å². The molecule has 5 heteroatoms. The molecule has 82 valence electrons. The van der Waals surface area contributed by atoms with Gasteiger partial charge in [0, 0.05) is 18.2 Å². The van der Waals surface area contributed by atoms with Crippen molar-refractivity contribution in [1.82, 2.24) is 5.32 Å². The zero-order valence-corrected chi connectivity index (χ0v) is 8.97. The molecule has 0 saturated heterocycles. The van der Waals surface area contributed by atoms with E-state index in [9.17, 15) is 9.18 Å². The number of methoxy groups -OCH3 is 1. The van der Waals surface area contributed by atoms with E-state index < -0.39 is 5.82 Å². The Bertz CT molecular complexity index is 357. The molecule has 1 aromatic rings. The molecule has 0 atom stereocenters. The van der Waals surface area contributed by atoms with Crippen molar-refractivity contribution in [1.29, 1.82) is 0 Å². The smallest absolute Gasteiger partial charge is 0.235 e. The van der Waals surface area contributed by atoms with Gasteiger partial charge in [-0.15, -0.1) is 11.6 Å². The van der Waals surface area contributed by atoms with Crippen LogP contribution in [-0.2, 0) is 11.3 Å². The Morgan fingerprint density at radius 2 is 2.33 bits per heavy atom. The van der Waals surface area contributed by atoms with Crippen LogP contribution in [0.1, 0.15) is 5.56 Å². The highest BCUT2D eigenvalue weighted by Gasteiger charge is 2.05. The van der Waals surface area contributed by atoms with Crippen molar-refractivity contribution in [2.24, 2.45) is 0 Å². The molecule has 0 radical (unpaired) electrons. The predicted octanol–water partition coefficient (Wildman–Crippen LogP) is 1.69. The lowest BCUT2D eigenvalue weighted by molar-refractivity contribution is -0.118. The summed E-state index contributed by atoms with van der Waals surface area (Å²) < 4.78 is 18.2. The molecule has 0 aromatic heterocycles. The van der Waals surface area contributed by atoms with Crippen LogP contribution in [0.4, 0.5) is 4.39 Å². The highest BCUT2D eigenvalue weighted by Crippen LogP contribution is 2.15. The molecule has 0 aliphatic rings. The van der Waals surface area contributed by atoms with Crippen LogP contribution in [-0.4, -0.2) is 18.9 Å². The highest BCUT2D eigenvalue weighted by molar-refractivity contribution is 6.27. The fraction of sp³-hybridized carbons (Fsp3) is 0.300. The molecule has 0 heterocycles. The lowest BCUT2D eigenvalue weighted by Crippen LogP contribution is -2.24. The van der Waals surface area contributed by atoms with Crippen LogP contribution in [0.2, 0.25) is 0 Å². The zero-order chi connectivity index (χ0) is 11.3. The van der Waals surface area contributed by atoms with Crippen molar-refractivity contribution in [2.45, 2.75) is 6.54 Å². The summed E-state index contributed by atoms with van der Waals surface area (Å²) in [6.07, 6.45) is 0. The number of rotatable bonds is 4. The van der Waals surface area contributed by atoms with Gasteiger partial charge < -0.3 is 10.1 Å². The standard InChI is InChI=1S/C10H11ClFNO2/c1-15-8-3-2-7(9(12)4-8)6-13-10(14)5-11/h2-4H,5-6H2,1H3,(H,13,14). The summed E-state index contributed by atoms with van der Waals surface area (Å²) in [7, 11) is 1.46. The number of carbonyl (C=O) groups excluding carboxylic acids is 1. The second kappa shape index (κ2) is 5.56. The molecule has 1 amide bonds. The lowest BCUT2D eigenvalue weighted by Gasteiger charge is -2.06. The van der Waals surface area contributed by atoms with E-state index in [4.69, 9.17) is 16.3 Å². The number of hydrogen-bond donors (Lipinski definition) is 1. The maximum Gasteiger partial charge on any atom is 0.235 e. The second-order valence-electron chi connectivity index (χ2n) is 2.87. The molecule has 0 aliphatic heterocycles. The molecular weight excluding hydrogens is 221 g/mol. The normalized spacial score (nSPS) is 9.80. The highest BCUT2D eigenvalue weighted by atomic mass is 35.5. The Morgan fingerprint density at radius 1 is 1.60 bits per heavy atom. The van der Waals surface area contributed by atoms with E-state index in [1.807, 2.05) is 0 Å². The van der Waals surface area contributed by atoms with Crippen LogP contribution in [0.3, 0.4) is 0 Å². The van der Waals surface area contributed by atoms with E-state index in [0.717, 1.165) is 0 Å². The van der Waals surface area contributed by atoms with Gasteiger partial charge in [-0.1, -0.05) is 6.07 Å². The summed E-state index contributed by atoms with van der Waals surface area (Å²) in [5, 5.41) is 2.48. The molecule has 0 bridgehead atoms. The number of hydrogen-bond acceptors (Lipinski definition) is 2. The number of amides is 1. The molecular formula is C10H11ClFNO2. The zero-order valence-electron chi connectivity index (χ0n) is 8.22. The molecule has 15 heavy (non-hydrogen) atoms. The van der Waals surface area contributed by atoms with Crippen molar-refractivity contribution in [2.75, 3.05) is 13.0 Å². The first-order chi connectivity index (χ1) is 7.17. The van der Waals surface area contributed by atoms with Gasteiger partial charge in [-0.2, -0.15) is 0 Å². The summed E-state index contributed by atoms with van der Waals surface area (Å²) in [6.45, 7) is 0.126. The first-order valence-electron chi connectivity index (χ1n) is 4.32. The average molecular weight is 232 g/mol. The Labute approximate surface area is 92.2 Å². The third-order valence-electron chi connectivity index (χ3n) is 1.86. The number of carbonyl (C=O) groups is 1. The second-order valence-corrected chi connectivity index (χ2v) is 3.13. The van der Waals surface area contributed by atoms with Gasteiger partial charge in [-0.3, -0.25) is 4.79 Å². The maximum atomic E-state index is 13.3. The molecule has 0 unspecified atom stereocenters. The minimum Gasteiger partial charge on any atom is -0.497 e. The number of halogens is 2. The largest absolute Gasteiger partial charge is 0.497 e. The SMILES string of the molecule is COc1ccc(CNC(=O)CCl)c(F)c1. The Balaban J connectivity index is 2.66. The van der Waals surface area contributed by atoms with Crippen molar-refractivity contribution in [3.8, 4) is 5.75 Å². The number of nitrogens with one attached hydrogen (secondary N) is 1. The molecule has 3 nitrogen and oxygen atoms in total.